The van der Waals surface area contributed by atoms with Crippen LogP contribution in [0, 0.1) is 27.6 Å². The molecule has 1 heterocycles. The Morgan fingerprint density at radius 3 is 2.64 bits per heavy atom. The van der Waals surface area contributed by atoms with Gasteiger partial charge in [-0.05, 0) is 31.5 Å². The lowest BCUT2D eigenvalue weighted by molar-refractivity contribution is -0.384. The van der Waals surface area contributed by atoms with Gasteiger partial charge in [0, 0.05) is 19.0 Å². The predicted molar refractivity (Wildman–Crippen MR) is 107 cm³/mol. The number of nitrogens with zero attached hydrogens (tertiary/aromatic N) is 2. The smallest absolute Gasteiger partial charge is 0.419 e. The summed E-state index contributed by atoms with van der Waals surface area (Å²) in [4.78, 5) is 46.2. The second-order valence-electron chi connectivity index (χ2n) is 6.88. The molecular weight excluding hydrogens is 451 g/mol. The van der Waals surface area contributed by atoms with Crippen LogP contribution in [0.3, 0.4) is 0 Å². The molecule has 0 aliphatic heterocycles. The highest BCUT2D eigenvalue weighted by Gasteiger charge is 2.21. The predicted octanol–water partition coefficient (Wildman–Crippen LogP) is 3.27. The van der Waals surface area contributed by atoms with Gasteiger partial charge in [-0.25, -0.2) is 18.0 Å². The van der Waals surface area contributed by atoms with E-state index in [1.54, 1.807) is 0 Å². The number of nitro benzene ring substituents is 1. The molecule has 0 saturated heterocycles. The van der Waals surface area contributed by atoms with Crippen LogP contribution in [-0.4, -0.2) is 27.5 Å². The Kier molecular flexibility index (Phi) is 6.80. The molecule has 13 heteroatoms. The molecule has 0 fully saturated rings. The Hall–Kier alpha value is -4.16. The van der Waals surface area contributed by atoms with Crippen molar-refractivity contribution >= 4 is 34.4 Å². The number of amides is 1. The molecule has 0 radical (unpaired) electrons. The summed E-state index contributed by atoms with van der Waals surface area (Å²) >= 11 is 0. The van der Waals surface area contributed by atoms with E-state index in [-0.39, 0.29) is 30.7 Å². The SMILES string of the molecule is CC(OC(=O)CCCn1c(=O)oc2cc([N+](=O)[O-])ccc21)C(=O)Nc1ccc(F)c(F)c1F. The van der Waals surface area contributed by atoms with Crippen LogP contribution in [-0.2, 0) is 20.9 Å². The lowest BCUT2D eigenvalue weighted by Gasteiger charge is -2.14. The summed E-state index contributed by atoms with van der Waals surface area (Å²) in [5.74, 6) is -7.31. The van der Waals surface area contributed by atoms with Crippen LogP contribution in [0.5, 0.6) is 0 Å². The van der Waals surface area contributed by atoms with Crippen molar-refractivity contribution in [2.75, 3.05) is 5.32 Å². The minimum absolute atomic E-state index is 0.0199. The summed E-state index contributed by atoms with van der Waals surface area (Å²) in [7, 11) is 0. The van der Waals surface area contributed by atoms with Crippen molar-refractivity contribution < 1.29 is 36.8 Å². The summed E-state index contributed by atoms with van der Waals surface area (Å²) in [6.45, 7) is 1.23. The number of nitro groups is 1. The summed E-state index contributed by atoms with van der Waals surface area (Å²) in [6, 6.07) is 5.11. The molecule has 10 nitrogen and oxygen atoms in total. The van der Waals surface area contributed by atoms with Crippen LogP contribution >= 0.6 is 0 Å². The van der Waals surface area contributed by atoms with Crippen molar-refractivity contribution in [1.82, 2.24) is 4.57 Å². The number of esters is 1. The number of hydrogen-bond donors (Lipinski definition) is 1. The lowest BCUT2D eigenvalue weighted by atomic mass is 10.2. The molecule has 3 aromatic rings. The number of carbonyl (C=O) groups is 2. The molecule has 1 aromatic heterocycles. The number of carbonyl (C=O) groups excluding carboxylic acids is 2. The quantitative estimate of drug-likeness (QED) is 0.233. The molecule has 3 rings (SSSR count). The van der Waals surface area contributed by atoms with Crippen molar-refractivity contribution in [2.24, 2.45) is 0 Å². The highest BCUT2D eigenvalue weighted by atomic mass is 19.2. The largest absolute Gasteiger partial charge is 0.453 e. The van der Waals surface area contributed by atoms with Gasteiger partial charge in [-0.2, -0.15) is 0 Å². The van der Waals surface area contributed by atoms with E-state index >= 15 is 0 Å². The number of rotatable bonds is 8. The van der Waals surface area contributed by atoms with Crippen LogP contribution in [0.15, 0.2) is 39.5 Å². The zero-order valence-electron chi connectivity index (χ0n) is 17.0. The molecule has 2 aromatic carbocycles. The molecule has 0 aliphatic carbocycles. The van der Waals surface area contributed by atoms with Gasteiger partial charge >= 0.3 is 11.7 Å². The highest BCUT2D eigenvalue weighted by molar-refractivity contribution is 5.95. The molecule has 0 bridgehead atoms. The summed E-state index contributed by atoms with van der Waals surface area (Å²) in [6.07, 6.45) is -1.47. The molecule has 0 aliphatic rings. The van der Waals surface area contributed by atoms with Crippen molar-refractivity contribution in [3.63, 3.8) is 0 Å². The lowest BCUT2D eigenvalue weighted by Crippen LogP contribution is -2.30. The third kappa shape index (κ3) is 5.19. The Morgan fingerprint density at radius 2 is 1.94 bits per heavy atom. The van der Waals surface area contributed by atoms with E-state index in [9.17, 15) is 37.7 Å². The van der Waals surface area contributed by atoms with E-state index in [2.05, 4.69) is 0 Å². The molecule has 1 unspecified atom stereocenters. The molecule has 1 amide bonds. The van der Waals surface area contributed by atoms with Crippen LogP contribution in [0.25, 0.3) is 11.1 Å². The highest BCUT2D eigenvalue weighted by Crippen LogP contribution is 2.21. The van der Waals surface area contributed by atoms with Crippen molar-refractivity contribution in [2.45, 2.75) is 32.4 Å². The van der Waals surface area contributed by atoms with Gasteiger partial charge in [0.25, 0.3) is 11.6 Å². The topological polar surface area (TPSA) is 134 Å². The number of oxazole rings is 1. The van der Waals surface area contributed by atoms with Crippen LogP contribution < -0.4 is 11.1 Å². The molecule has 33 heavy (non-hydrogen) atoms. The molecule has 0 spiro atoms. The van der Waals surface area contributed by atoms with E-state index in [0.29, 0.717) is 11.6 Å². The van der Waals surface area contributed by atoms with E-state index in [1.165, 1.54) is 23.6 Å². The van der Waals surface area contributed by atoms with Gasteiger partial charge in [-0.1, -0.05) is 0 Å². The number of aromatic nitrogens is 1. The average molecular weight is 467 g/mol. The van der Waals surface area contributed by atoms with Gasteiger partial charge < -0.3 is 14.5 Å². The number of benzene rings is 2. The zero-order chi connectivity index (χ0) is 24.3. The molecule has 1 atom stereocenters. The van der Waals surface area contributed by atoms with E-state index in [4.69, 9.17) is 9.15 Å². The number of nitrogens with one attached hydrogen (secondary N) is 1. The molecule has 174 valence electrons. The first kappa shape index (κ1) is 23.5. The van der Waals surface area contributed by atoms with Crippen LogP contribution in [0.4, 0.5) is 24.5 Å². The maximum absolute atomic E-state index is 13.6. The Morgan fingerprint density at radius 1 is 1.21 bits per heavy atom. The van der Waals surface area contributed by atoms with E-state index in [0.717, 1.165) is 12.1 Å². The van der Waals surface area contributed by atoms with Gasteiger partial charge in [0.15, 0.2) is 29.1 Å². The maximum Gasteiger partial charge on any atom is 0.419 e. The monoisotopic (exact) mass is 467 g/mol. The number of fused-ring (bicyclic) bond motifs is 1. The fourth-order valence-electron chi connectivity index (χ4n) is 2.93. The third-order valence-electron chi connectivity index (χ3n) is 4.60. The standard InChI is InChI=1S/C20H16F3N3O7/c1-10(19(28)24-13-6-5-12(21)17(22)18(13)23)32-16(27)3-2-8-25-14-7-4-11(26(30)31)9-15(14)33-20(25)29/h4-7,9-10H,2-3,8H2,1H3,(H,24,28). The minimum Gasteiger partial charge on any atom is -0.453 e. The van der Waals surface area contributed by atoms with Crippen molar-refractivity contribution in [1.29, 1.82) is 0 Å². The van der Waals surface area contributed by atoms with Gasteiger partial charge in [-0.3, -0.25) is 24.3 Å². The second-order valence-corrected chi connectivity index (χ2v) is 6.88. The number of non-ortho nitro benzene ring substituents is 1. The number of ether oxygens (including phenoxy) is 1. The van der Waals surface area contributed by atoms with Crippen LogP contribution in [0.1, 0.15) is 19.8 Å². The third-order valence-corrected chi connectivity index (χ3v) is 4.60. The normalized spacial score (nSPS) is 11.9. The molecule has 0 saturated carbocycles. The van der Waals surface area contributed by atoms with Gasteiger partial charge in [-0.15, -0.1) is 0 Å². The van der Waals surface area contributed by atoms with Crippen LogP contribution in [0.2, 0.25) is 0 Å². The number of aryl methyl sites for hydroxylation is 1. The fraction of sp³-hybridized carbons (Fsp3) is 0.250. The molecular formula is C20H16F3N3O7. The maximum atomic E-state index is 13.6. The Balaban J connectivity index is 1.55. The first-order valence-electron chi connectivity index (χ1n) is 9.50. The molecule has 1 N–H and O–H groups in total. The van der Waals surface area contributed by atoms with E-state index in [1.807, 2.05) is 5.32 Å². The zero-order valence-corrected chi connectivity index (χ0v) is 17.0. The minimum atomic E-state index is -1.76. The van der Waals surface area contributed by atoms with Gasteiger partial charge in [0.05, 0.1) is 22.2 Å². The fourth-order valence-corrected chi connectivity index (χ4v) is 2.93. The number of halogens is 3. The first-order valence-corrected chi connectivity index (χ1v) is 9.50. The van der Waals surface area contributed by atoms with Crippen molar-refractivity contribution in [3.05, 3.63) is 68.4 Å². The van der Waals surface area contributed by atoms with Gasteiger partial charge in [0.2, 0.25) is 0 Å². The second kappa shape index (κ2) is 9.54. The summed E-state index contributed by atoms with van der Waals surface area (Å²) in [5.41, 5.74) is -0.539. The van der Waals surface area contributed by atoms with Crippen molar-refractivity contribution in [3.8, 4) is 0 Å². The van der Waals surface area contributed by atoms with Gasteiger partial charge in [0.1, 0.15) is 0 Å². The first-order chi connectivity index (χ1) is 15.6. The number of anilines is 1. The Labute approximate surface area is 182 Å². The summed E-state index contributed by atoms with van der Waals surface area (Å²) in [5, 5.41) is 12.8. The van der Waals surface area contributed by atoms with E-state index < -0.39 is 51.8 Å². The average Bonchev–Trinajstić information content (AvgIpc) is 3.08. The Bertz CT molecular complexity index is 1300. The number of hydrogen-bond acceptors (Lipinski definition) is 7. The summed E-state index contributed by atoms with van der Waals surface area (Å²) < 4.78 is 50.9.